The van der Waals surface area contributed by atoms with Crippen molar-refractivity contribution in [3.63, 3.8) is 0 Å². The molecule has 0 saturated heterocycles. The second-order valence-corrected chi connectivity index (χ2v) is 3.04. The molecule has 1 aromatic rings. The van der Waals surface area contributed by atoms with Gasteiger partial charge in [0, 0.05) is 13.6 Å². The lowest BCUT2D eigenvalue weighted by atomic mass is 10.4. The molecule has 13 heavy (non-hydrogen) atoms. The highest BCUT2D eigenvalue weighted by Gasteiger charge is 1.89. The standard InChI is InChI=1S/C10H17N3/c1-3-6-11-7-4-5-10-8-12-9-13(10)2/h4-5,8-9,11H,3,6-7H2,1-2H3. The summed E-state index contributed by atoms with van der Waals surface area (Å²) >= 11 is 0. The van der Waals surface area contributed by atoms with Crippen molar-refractivity contribution in [2.45, 2.75) is 13.3 Å². The molecule has 0 aromatic carbocycles. The fourth-order valence-corrected chi connectivity index (χ4v) is 1.07. The molecule has 0 aliphatic carbocycles. The monoisotopic (exact) mass is 179 g/mol. The smallest absolute Gasteiger partial charge is 0.0948 e. The lowest BCUT2D eigenvalue weighted by molar-refractivity contribution is 0.730. The second kappa shape index (κ2) is 5.54. The Morgan fingerprint density at radius 3 is 3.08 bits per heavy atom. The van der Waals surface area contributed by atoms with Crippen LogP contribution in [0, 0.1) is 0 Å². The lowest BCUT2D eigenvalue weighted by Gasteiger charge is -1.96. The minimum atomic E-state index is 0.930. The summed E-state index contributed by atoms with van der Waals surface area (Å²) in [6.07, 6.45) is 9.04. The van der Waals surface area contributed by atoms with Crippen molar-refractivity contribution in [1.29, 1.82) is 0 Å². The van der Waals surface area contributed by atoms with Gasteiger partial charge in [-0.1, -0.05) is 13.0 Å². The number of imidazole rings is 1. The molecule has 0 radical (unpaired) electrons. The molecule has 1 rings (SSSR count). The van der Waals surface area contributed by atoms with E-state index in [-0.39, 0.29) is 0 Å². The van der Waals surface area contributed by atoms with E-state index in [9.17, 15) is 0 Å². The van der Waals surface area contributed by atoms with Crippen LogP contribution in [-0.2, 0) is 7.05 Å². The molecule has 0 unspecified atom stereocenters. The van der Waals surface area contributed by atoms with Crippen LogP contribution in [0.25, 0.3) is 6.08 Å². The maximum Gasteiger partial charge on any atom is 0.0948 e. The van der Waals surface area contributed by atoms with Gasteiger partial charge in [0.05, 0.1) is 18.2 Å². The Hall–Kier alpha value is -1.09. The molecule has 3 heteroatoms. The van der Waals surface area contributed by atoms with Crippen LogP contribution in [0.3, 0.4) is 0 Å². The molecule has 0 atom stereocenters. The molecule has 0 aliphatic heterocycles. The van der Waals surface area contributed by atoms with E-state index < -0.39 is 0 Å². The zero-order chi connectivity index (χ0) is 9.52. The van der Waals surface area contributed by atoms with Crippen LogP contribution in [0.2, 0.25) is 0 Å². The van der Waals surface area contributed by atoms with Crippen LogP contribution in [0.5, 0.6) is 0 Å². The predicted octanol–water partition coefficient (Wildman–Crippen LogP) is 1.43. The fraction of sp³-hybridized carbons (Fsp3) is 0.500. The SMILES string of the molecule is CCCNCC=Cc1cncn1C. The minimum Gasteiger partial charge on any atom is -0.334 e. The predicted molar refractivity (Wildman–Crippen MR) is 55.4 cm³/mol. The van der Waals surface area contributed by atoms with Crippen molar-refractivity contribution in [2.75, 3.05) is 13.1 Å². The Bertz CT molecular complexity index is 263. The van der Waals surface area contributed by atoms with E-state index in [4.69, 9.17) is 0 Å². The number of nitrogens with one attached hydrogen (secondary N) is 1. The van der Waals surface area contributed by atoms with Crippen molar-refractivity contribution in [3.05, 3.63) is 24.3 Å². The first-order chi connectivity index (χ1) is 6.34. The molecule has 1 heterocycles. The second-order valence-electron chi connectivity index (χ2n) is 3.04. The van der Waals surface area contributed by atoms with Crippen molar-refractivity contribution in [1.82, 2.24) is 14.9 Å². The number of hydrogen-bond acceptors (Lipinski definition) is 2. The maximum atomic E-state index is 4.03. The summed E-state index contributed by atoms with van der Waals surface area (Å²) in [5.41, 5.74) is 1.14. The van der Waals surface area contributed by atoms with Gasteiger partial charge >= 0.3 is 0 Å². The maximum absolute atomic E-state index is 4.03. The highest BCUT2D eigenvalue weighted by Crippen LogP contribution is 1.97. The molecule has 0 saturated carbocycles. The average Bonchev–Trinajstić information content (AvgIpc) is 2.52. The Kier molecular flexibility index (Phi) is 4.26. The van der Waals surface area contributed by atoms with Crippen molar-refractivity contribution in [2.24, 2.45) is 7.05 Å². The first kappa shape index (κ1) is 9.99. The number of aromatic nitrogens is 2. The summed E-state index contributed by atoms with van der Waals surface area (Å²) in [6.45, 7) is 4.17. The Labute approximate surface area is 79.5 Å². The van der Waals surface area contributed by atoms with Gasteiger partial charge in [0.2, 0.25) is 0 Å². The van der Waals surface area contributed by atoms with Crippen LogP contribution in [0.4, 0.5) is 0 Å². The quantitative estimate of drug-likeness (QED) is 0.693. The molecule has 0 fully saturated rings. The van der Waals surface area contributed by atoms with Gasteiger partial charge in [-0.2, -0.15) is 0 Å². The fourth-order valence-electron chi connectivity index (χ4n) is 1.07. The number of rotatable bonds is 5. The van der Waals surface area contributed by atoms with E-state index in [1.807, 2.05) is 17.8 Å². The van der Waals surface area contributed by atoms with Crippen LogP contribution in [0.1, 0.15) is 19.0 Å². The Morgan fingerprint density at radius 2 is 2.46 bits per heavy atom. The highest BCUT2D eigenvalue weighted by molar-refractivity contribution is 5.43. The van der Waals surface area contributed by atoms with Crippen molar-refractivity contribution in [3.8, 4) is 0 Å². The summed E-state index contributed by atoms with van der Waals surface area (Å²) in [6, 6.07) is 0. The van der Waals surface area contributed by atoms with E-state index in [0.29, 0.717) is 0 Å². The number of hydrogen-bond donors (Lipinski definition) is 1. The van der Waals surface area contributed by atoms with Crippen molar-refractivity contribution >= 4 is 6.08 Å². The van der Waals surface area contributed by atoms with Gasteiger partial charge in [-0.05, 0) is 19.0 Å². The molecule has 0 aliphatic rings. The summed E-state index contributed by atoms with van der Waals surface area (Å²) in [5.74, 6) is 0. The molecule has 1 aromatic heterocycles. The first-order valence-electron chi connectivity index (χ1n) is 4.68. The van der Waals surface area contributed by atoms with Gasteiger partial charge in [0.1, 0.15) is 0 Å². The third kappa shape index (κ3) is 3.42. The zero-order valence-corrected chi connectivity index (χ0v) is 8.33. The zero-order valence-electron chi connectivity index (χ0n) is 8.33. The number of nitrogens with zero attached hydrogens (tertiary/aromatic N) is 2. The Balaban J connectivity index is 2.28. The van der Waals surface area contributed by atoms with Crippen LogP contribution < -0.4 is 5.32 Å². The highest BCUT2D eigenvalue weighted by atomic mass is 15.0. The normalized spacial score (nSPS) is 11.2. The van der Waals surface area contributed by atoms with E-state index in [1.54, 1.807) is 6.33 Å². The van der Waals surface area contributed by atoms with Crippen LogP contribution >= 0.6 is 0 Å². The average molecular weight is 179 g/mol. The van der Waals surface area contributed by atoms with E-state index in [2.05, 4.69) is 29.4 Å². The lowest BCUT2D eigenvalue weighted by Crippen LogP contribution is -2.13. The molecule has 3 nitrogen and oxygen atoms in total. The molecule has 72 valence electrons. The first-order valence-corrected chi connectivity index (χ1v) is 4.68. The van der Waals surface area contributed by atoms with Gasteiger partial charge in [0.15, 0.2) is 0 Å². The van der Waals surface area contributed by atoms with Gasteiger partial charge in [-0.15, -0.1) is 0 Å². The van der Waals surface area contributed by atoms with Gasteiger partial charge in [-0.25, -0.2) is 4.98 Å². The molecule has 0 bridgehead atoms. The molecule has 0 amide bonds. The summed E-state index contributed by atoms with van der Waals surface area (Å²) in [7, 11) is 1.99. The number of aryl methyl sites for hydroxylation is 1. The topological polar surface area (TPSA) is 29.9 Å². The van der Waals surface area contributed by atoms with Gasteiger partial charge < -0.3 is 9.88 Å². The molecular formula is C10H17N3. The largest absolute Gasteiger partial charge is 0.334 e. The van der Waals surface area contributed by atoms with E-state index in [0.717, 1.165) is 18.8 Å². The molecular weight excluding hydrogens is 162 g/mol. The van der Waals surface area contributed by atoms with Gasteiger partial charge in [0.25, 0.3) is 0 Å². The third-order valence-corrected chi connectivity index (χ3v) is 1.83. The summed E-state index contributed by atoms with van der Waals surface area (Å²) in [4.78, 5) is 4.03. The summed E-state index contributed by atoms with van der Waals surface area (Å²) in [5, 5.41) is 3.30. The molecule has 1 N–H and O–H groups in total. The van der Waals surface area contributed by atoms with Crippen LogP contribution in [0.15, 0.2) is 18.6 Å². The van der Waals surface area contributed by atoms with Crippen molar-refractivity contribution < 1.29 is 0 Å². The van der Waals surface area contributed by atoms with E-state index >= 15 is 0 Å². The summed E-state index contributed by atoms with van der Waals surface area (Å²) < 4.78 is 2.00. The molecule has 0 spiro atoms. The Morgan fingerprint density at radius 1 is 1.62 bits per heavy atom. The minimum absolute atomic E-state index is 0.930. The van der Waals surface area contributed by atoms with E-state index in [1.165, 1.54) is 6.42 Å². The third-order valence-electron chi connectivity index (χ3n) is 1.83. The van der Waals surface area contributed by atoms with Gasteiger partial charge in [-0.3, -0.25) is 0 Å². The van der Waals surface area contributed by atoms with Crippen LogP contribution in [-0.4, -0.2) is 22.6 Å².